The monoisotopic (exact) mass is 773 g/mol. The Morgan fingerprint density at radius 1 is 0.603 bits per heavy atom. The highest BCUT2D eigenvalue weighted by Gasteiger charge is 2.21. The molecular weight excluding hydrogens is 731 g/mol. The number of benzene rings is 5. The molecule has 8 rings (SSSR count). The maximum Gasteiger partial charge on any atom is 0.356 e. The predicted octanol–water partition coefficient (Wildman–Crippen LogP) is 9.72. The summed E-state index contributed by atoms with van der Waals surface area (Å²) in [5, 5.41) is 18.0. The number of hydrogen-bond acceptors (Lipinski definition) is 9. The second kappa shape index (κ2) is 18.6. The van der Waals surface area contributed by atoms with E-state index >= 15 is 0 Å². The van der Waals surface area contributed by atoms with E-state index in [0.29, 0.717) is 49.2 Å². The summed E-state index contributed by atoms with van der Waals surface area (Å²) < 4.78 is 24.6. The molecular formula is C47H43N5O6. The molecule has 58 heavy (non-hydrogen) atoms. The lowest BCUT2D eigenvalue weighted by Crippen LogP contribution is -2.10. The molecule has 8 aromatic rings. The Balaban J connectivity index is 0.000000199. The molecule has 0 aliphatic carbocycles. The van der Waals surface area contributed by atoms with Crippen LogP contribution in [-0.4, -0.2) is 49.3 Å². The average Bonchev–Trinajstić information content (AvgIpc) is 3.97. The SMILES string of the molecule is Cc1ccc(OCCc2nc(-c3ccccc3)oc2C)cc1.Cc1oc(-c2ccccc2)nc1CCOc1ccc(Cc2nnn(-c3ccccc3)c2C(=O)O)cc1. The Morgan fingerprint density at radius 2 is 1.07 bits per heavy atom. The van der Waals surface area contributed by atoms with Crippen molar-refractivity contribution in [2.45, 2.75) is 40.0 Å². The third kappa shape index (κ3) is 9.93. The first-order chi connectivity index (χ1) is 28.3. The first-order valence-electron chi connectivity index (χ1n) is 19.0. The largest absolute Gasteiger partial charge is 0.493 e. The van der Waals surface area contributed by atoms with Crippen LogP contribution in [0.2, 0.25) is 0 Å². The second-order valence-corrected chi connectivity index (χ2v) is 13.5. The first-order valence-corrected chi connectivity index (χ1v) is 19.0. The van der Waals surface area contributed by atoms with Gasteiger partial charge in [-0.1, -0.05) is 89.6 Å². The minimum absolute atomic E-state index is 0.0550. The molecule has 0 saturated carbocycles. The number of hydrogen-bond donors (Lipinski definition) is 1. The van der Waals surface area contributed by atoms with Gasteiger partial charge in [0.2, 0.25) is 11.8 Å². The standard InChI is InChI=1S/C28H24N4O4.C19H19NO2/c1-19-24(29-27(36-19)21-8-4-2-5-9-21)16-17-35-23-14-12-20(13-15-23)18-25-26(28(33)34)32(31-30-25)22-10-6-3-7-11-22;1-14-8-10-17(11-9-14)21-13-12-18-15(2)22-19(20-18)16-6-4-3-5-7-16/h2-15H,16-18H2,1H3,(H,33,34);3-11H,12-13H2,1-2H3. The fourth-order valence-electron chi connectivity index (χ4n) is 6.19. The van der Waals surface area contributed by atoms with Crippen LogP contribution in [0, 0.1) is 20.8 Å². The zero-order valence-electron chi connectivity index (χ0n) is 32.5. The topological polar surface area (TPSA) is 139 Å². The van der Waals surface area contributed by atoms with Gasteiger partial charge in [-0.3, -0.25) is 0 Å². The number of nitrogens with zero attached hydrogens (tertiary/aromatic N) is 5. The highest BCUT2D eigenvalue weighted by Crippen LogP contribution is 2.24. The van der Waals surface area contributed by atoms with Gasteiger partial charge in [-0.25, -0.2) is 19.4 Å². The average molecular weight is 774 g/mol. The molecule has 0 bridgehead atoms. The molecule has 0 aliphatic rings. The highest BCUT2D eigenvalue weighted by molar-refractivity contribution is 5.87. The van der Waals surface area contributed by atoms with E-state index in [-0.39, 0.29) is 5.69 Å². The molecule has 0 fully saturated rings. The Labute approximate surface area is 336 Å². The maximum absolute atomic E-state index is 11.9. The molecule has 11 nitrogen and oxygen atoms in total. The molecule has 0 spiro atoms. The van der Waals surface area contributed by atoms with Gasteiger partial charge in [0.25, 0.3) is 0 Å². The lowest BCUT2D eigenvalue weighted by atomic mass is 10.1. The lowest BCUT2D eigenvalue weighted by Gasteiger charge is -2.07. The Morgan fingerprint density at radius 3 is 1.55 bits per heavy atom. The van der Waals surface area contributed by atoms with Crippen molar-refractivity contribution in [1.29, 1.82) is 0 Å². The summed E-state index contributed by atoms with van der Waals surface area (Å²) >= 11 is 0. The van der Waals surface area contributed by atoms with Gasteiger partial charge in [0.15, 0.2) is 5.69 Å². The maximum atomic E-state index is 11.9. The Bertz CT molecular complexity index is 2530. The molecule has 0 amide bonds. The van der Waals surface area contributed by atoms with Gasteiger partial charge in [-0.05, 0) is 87.0 Å². The van der Waals surface area contributed by atoms with Crippen molar-refractivity contribution in [3.8, 4) is 40.1 Å². The van der Waals surface area contributed by atoms with Crippen molar-refractivity contribution in [2.75, 3.05) is 13.2 Å². The van der Waals surface area contributed by atoms with Crippen LogP contribution in [0.3, 0.4) is 0 Å². The van der Waals surface area contributed by atoms with Gasteiger partial charge in [0.05, 0.1) is 30.3 Å². The Kier molecular flexibility index (Phi) is 12.5. The lowest BCUT2D eigenvalue weighted by molar-refractivity contribution is 0.0686. The van der Waals surface area contributed by atoms with E-state index in [1.165, 1.54) is 10.2 Å². The number of ether oxygens (including phenoxy) is 2. The number of aryl methyl sites for hydroxylation is 3. The third-order valence-corrected chi connectivity index (χ3v) is 9.30. The van der Waals surface area contributed by atoms with Crippen molar-refractivity contribution in [1.82, 2.24) is 25.0 Å². The fourth-order valence-corrected chi connectivity index (χ4v) is 6.19. The number of aromatic nitrogens is 5. The van der Waals surface area contributed by atoms with Crippen LogP contribution >= 0.6 is 0 Å². The van der Waals surface area contributed by atoms with E-state index in [1.807, 2.05) is 141 Å². The highest BCUT2D eigenvalue weighted by atomic mass is 16.5. The van der Waals surface area contributed by atoms with Gasteiger partial charge in [0.1, 0.15) is 28.7 Å². The predicted molar refractivity (Wildman–Crippen MR) is 220 cm³/mol. The molecule has 0 atom stereocenters. The minimum Gasteiger partial charge on any atom is -0.493 e. The van der Waals surface area contributed by atoms with Crippen LogP contribution in [-0.2, 0) is 19.3 Å². The molecule has 5 aromatic carbocycles. The molecule has 1 N–H and O–H groups in total. The number of carboxylic acids is 1. The zero-order chi connectivity index (χ0) is 40.3. The van der Waals surface area contributed by atoms with E-state index in [2.05, 4.69) is 27.2 Å². The number of para-hydroxylation sites is 1. The molecule has 3 aromatic heterocycles. The second-order valence-electron chi connectivity index (χ2n) is 13.5. The summed E-state index contributed by atoms with van der Waals surface area (Å²) in [6.45, 7) is 6.96. The number of aromatic carboxylic acids is 1. The van der Waals surface area contributed by atoms with Gasteiger partial charge >= 0.3 is 5.97 Å². The van der Waals surface area contributed by atoms with Crippen LogP contribution in [0.5, 0.6) is 11.5 Å². The fraction of sp³-hybridized carbons (Fsp3) is 0.170. The molecule has 3 heterocycles. The number of oxazole rings is 2. The van der Waals surface area contributed by atoms with Crippen molar-refractivity contribution in [3.05, 3.63) is 185 Å². The summed E-state index contributed by atoms with van der Waals surface area (Å²) in [6, 6.07) is 44.4. The summed E-state index contributed by atoms with van der Waals surface area (Å²) in [4.78, 5) is 21.1. The quantitative estimate of drug-likeness (QED) is 0.114. The van der Waals surface area contributed by atoms with E-state index in [0.717, 1.165) is 57.5 Å². The van der Waals surface area contributed by atoms with Crippen molar-refractivity contribution < 1.29 is 28.2 Å². The zero-order valence-corrected chi connectivity index (χ0v) is 32.5. The van der Waals surface area contributed by atoms with Crippen LogP contribution in [0.1, 0.15) is 50.2 Å². The van der Waals surface area contributed by atoms with Gasteiger partial charge in [0, 0.05) is 30.4 Å². The van der Waals surface area contributed by atoms with E-state index in [9.17, 15) is 9.90 Å². The molecule has 292 valence electrons. The molecule has 0 aliphatic heterocycles. The summed E-state index contributed by atoms with van der Waals surface area (Å²) in [6.07, 6.45) is 1.69. The number of rotatable bonds is 14. The summed E-state index contributed by atoms with van der Waals surface area (Å²) in [7, 11) is 0. The van der Waals surface area contributed by atoms with Crippen molar-refractivity contribution in [3.63, 3.8) is 0 Å². The molecule has 0 saturated heterocycles. The van der Waals surface area contributed by atoms with Crippen LogP contribution in [0.15, 0.2) is 148 Å². The van der Waals surface area contributed by atoms with Gasteiger partial charge in [-0.15, -0.1) is 5.10 Å². The normalized spacial score (nSPS) is 10.8. The van der Waals surface area contributed by atoms with Crippen LogP contribution < -0.4 is 9.47 Å². The van der Waals surface area contributed by atoms with Crippen LogP contribution in [0.4, 0.5) is 0 Å². The van der Waals surface area contributed by atoms with Crippen LogP contribution in [0.25, 0.3) is 28.6 Å². The van der Waals surface area contributed by atoms with E-state index < -0.39 is 5.97 Å². The molecule has 11 heteroatoms. The molecule has 0 radical (unpaired) electrons. The minimum atomic E-state index is -1.07. The van der Waals surface area contributed by atoms with E-state index in [4.69, 9.17) is 18.3 Å². The number of carboxylic acid groups (broad SMARTS) is 1. The van der Waals surface area contributed by atoms with E-state index in [1.54, 1.807) is 12.1 Å². The van der Waals surface area contributed by atoms with Gasteiger partial charge in [-0.2, -0.15) is 0 Å². The Hall–Kier alpha value is -7.27. The number of carbonyl (C=O) groups is 1. The van der Waals surface area contributed by atoms with Crippen molar-refractivity contribution >= 4 is 5.97 Å². The van der Waals surface area contributed by atoms with Gasteiger partial charge < -0.3 is 23.4 Å². The molecule has 0 unspecified atom stereocenters. The smallest absolute Gasteiger partial charge is 0.356 e. The first kappa shape index (κ1) is 39.0. The summed E-state index contributed by atoms with van der Waals surface area (Å²) in [5.41, 5.74) is 7.00. The van der Waals surface area contributed by atoms with Crippen molar-refractivity contribution in [2.24, 2.45) is 0 Å². The summed E-state index contributed by atoms with van der Waals surface area (Å²) in [5.74, 6) is 3.44. The third-order valence-electron chi connectivity index (χ3n) is 9.30.